The van der Waals surface area contributed by atoms with Gasteiger partial charge in [-0.1, -0.05) is 19.1 Å². The number of aryl methyl sites for hydroxylation is 1. The van der Waals surface area contributed by atoms with E-state index >= 15 is 0 Å². The number of benzene rings is 1. The number of nitrogens with zero attached hydrogens (tertiary/aromatic N) is 1. The van der Waals surface area contributed by atoms with Crippen molar-refractivity contribution < 1.29 is 14.7 Å². The van der Waals surface area contributed by atoms with Gasteiger partial charge in [0.2, 0.25) is 5.91 Å². The number of carbonyl (C=O) groups is 2. The van der Waals surface area contributed by atoms with Crippen LogP contribution in [0, 0.1) is 0 Å². The van der Waals surface area contributed by atoms with Crippen LogP contribution < -0.4 is 5.32 Å². The summed E-state index contributed by atoms with van der Waals surface area (Å²) in [6, 6.07) is 6.91. The first kappa shape index (κ1) is 16.2. The van der Waals surface area contributed by atoms with Crippen molar-refractivity contribution in [1.29, 1.82) is 0 Å². The minimum absolute atomic E-state index is 0.159. The van der Waals surface area contributed by atoms with E-state index in [4.69, 9.17) is 5.11 Å². The molecule has 1 atom stereocenters. The maximum atomic E-state index is 12.0. The van der Waals surface area contributed by atoms with Crippen molar-refractivity contribution in [3.63, 3.8) is 0 Å². The lowest BCUT2D eigenvalue weighted by molar-refractivity contribution is -0.138. The van der Waals surface area contributed by atoms with Crippen LogP contribution in [-0.4, -0.2) is 22.0 Å². The van der Waals surface area contributed by atoms with E-state index in [9.17, 15) is 9.59 Å². The van der Waals surface area contributed by atoms with Crippen LogP contribution in [0.2, 0.25) is 0 Å². The molecule has 1 unspecified atom stereocenters. The predicted molar refractivity (Wildman–Crippen MR) is 86.3 cm³/mol. The average Bonchev–Trinajstić information content (AvgIpc) is 2.94. The van der Waals surface area contributed by atoms with E-state index in [1.165, 1.54) is 0 Å². The Labute approximate surface area is 133 Å². The first-order valence-electron chi connectivity index (χ1n) is 7.05. The van der Waals surface area contributed by atoms with Gasteiger partial charge < -0.3 is 10.4 Å². The standard InChI is InChI=1S/C16H18N2O3S/c1-3-15-18-13(9-22-15)8-14(19)17-12-6-4-5-11(7-12)10(2)16(20)21/h4-7,9-10H,3,8H2,1-2H3,(H,17,19)(H,20,21). The second-order valence-corrected chi connectivity index (χ2v) is 5.94. The lowest BCUT2D eigenvalue weighted by Gasteiger charge is -2.09. The van der Waals surface area contributed by atoms with Gasteiger partial charge in [0, 0.05) is 11.1 Å². The van der Waals surface area contributed by atoms with Crippen molar-refractivity contribution in [2.24, 2.45) is 0 Å². The average molecular weight is 318 g/mol. The molecule has 0 aliphatic rings. The molecule has 116 valence electrons. The molecule has 0 spiro atoms. The van der Waals surface area contributed by atoms with Crippen LogP contribution in [0.15, 0.2) is 29.6 Å². The molecule has 22 heavy (non-hydrogen) atoms. The molecule has 2 rings (SSSR count). The first-order chi connectivity index (χ1) is 10.5. The van der Waals surface area contributed by atoms with E-state index in [1.807, 2.05) is 12.3 Å². The Hall–Kier alpha value is -2.21. The van der Waals surface area contributed by atoms with Crippen LogP contribution in [-0.2, 0) is 22.4 Å². The molecule has 0 aliphatic carbocycles. The number of amides is 1. The smallest absolute Gasteiger partial charge is 0.310 e. The van der Waals surface area contributed by atoms with Crippen LogP contribution in [0.4, 0.5) is 5.69 Å². The van der Waals surface area contributed by atoms with E-state index in [0.717, 1.165) is 17.1 Å². The van der Waals surface area contributed by atoms with Gasteiger partial charge >= 0.3 is 5.97 Å². The molecule has 1 aromatic carbocycles. The molecule has 0 saturated heterocycles. The number of carbonyl (C=O) groups excluding carboxylic acids is 1. The van der Waals surface area contributed by atoms with E-state index in [1.54, 1.807) is 42.5 Å². The quantitative estimate of drug-likeness (QED) is 0.858. The van der Waals surface area contributed by atoms with Gasteiger partial charge in [0.05, 0.1) is 23.0 Å². The summed E-state index contributed by atoms with van der Waals surface area (Å²) in [4.78, 5) is 27.4. The minimum Gasteiger partial charge on any atom is -0.481 e. The minimum atomic E-state index is -0.891. The zero-order valence-corrected chi connectivity index (χ0v) is 13.3. The van der Waals surface area contributed by atoms with Gasteiger partial charge in [-0.3, -0.25) is 9.59 Å². The molecule has 0 bridgehead atoms. The molecule has 1 aromatic heterocycles. The monoisotopic (exact) mass is 318 g/mol. The van der Waals surface area contributed by atoms with E-state index in [2.05, 4.69) is 10.3 Å². The number of aromatic nitrogens is 1. The molecule has 2 aromatic rings. The van der Waals surface area contributed by atoms with Crippen LogP contribution in [0.1, 0.15) is 36.0 Å². The maximum Gasteiger partial charge on any atom is 0.310 e. The molecule has 2 N–H and O–H groups in total. The number of anilines is 1. The van der Waals surface area contributed by atoms with Crippen molar-refractivity contribution in [3.05, 3.63) is 45.9 Å². The summed E-state index contributed by atoms with van der Waals surface area (Å²) in [5.74, 6) is -1.66. The van der Waals surface area contributed by atoms with E-state index < -0.39 is 11.9 Å². The Morgan fingerprint density at radius 2 is 2.18 bits per heavy atom. The van der Waals surface area contributed by atoms with Gasteiger partial charge in [0.1, 0.15) is 0 Å². The molecule has 0 radical (unpaired) electrons. The van der Waals surface area contributed by atoms with Gasteiger partial charge in [0.15, 0.2) is 0 Å². The fourth-order valence-electron chi connectivity index (χ4n) is 1.99. The lowest BCUT2D eigenvalue weighted by Crippen LogP contribution is -2.15. The largest absolute Gasteiger partial charge is 0.481 e. The summed E-state index contributed by atoms with van der Waals surface area (Å²) >= 11 is 1.55. The highest BCUT2D eigenvalue weighted by Gasteiger charge is 2.14. The van der Waals surface area contributed by atoms with Gasteiger partial charge in [-0.2, -0.15) is 0 Å². The molecule has 6 heteroatoms. The highest BCUT2D eigenvalue weighted by Crippen LogP contribution is 2.20. The Morgan fingerprint density at radius 3 is 2.82 bits per heavy atom. The Morgan fingerprint density at radius 1 is 1.41 bits per heavy atom. The first-order valence-corrected chi connectivity index (χ1v) is 7.93. The van der Waals surface area contributed by atoms with Gasteiger partial charge in [0.25, 0.3) is 0 Å². The molecular weight excluding hydrogens is 300 g/mol. The van der Waals surface area contributed by atoms with Gasteiger partial charge in [-0.25, -0.2) is 4.98 Å². The van der Waals surface area contributed by atoms with E-state index in [0.29, 0.717) is 11.3 Å². The summed E-state index contributed by atoms with van der Waals surface area (Å²) in [5.41, 5.74) is 2.02. The third kappa shape index (κ3) is 4.14. The van der Waals surface area contributed by atoms with Gasteiger partial charge in [-0.15, -0.1) is 11.3 Å². The summed E-state index contributed by atoms with van der Waals surface area (Å²) in [5, 5.41) is 14.7. The second kappa shape index (κ2) is 7.17. The molecule has 0 saturated carbocycles. The summed E-state index contributed by atoms with van der Waals surface area (Å²) in [7, 11) is 0. The highest BCUT2D eigenvalue weighted by molar-refractivity contribution is 7.09. The molecule has 0 fully saturated rings. The Balaban J connectivity index is 2.02. The molecule has 1 amide bonds. The number of hydrogen-bond donors (Lipinski definition) is 2. The topological polar surface area (TPSA) is 79.3 Å². The number of nitrogens with one attached hydrogen (secondary N) is 1. The number of thiazole rings is 1. The normalized spacial score (nSPS) is 11.9. The number of hydrogen-bond acceptors (Lipinski definition) is 4. The SMILES string of the molecule is CCc1nc(CC(=O)Nc2cccc(C(C)C(=O)O)c2)cs1. The van der Waals surface area contributed by atoms with Crippen LogP contribution >= 0.6 is 11.3 Å². The summed E-state index contributed by atoms with van der Waals surface area (Å²) < 4.78 is 0. The molecular formula is C16H18N2O3S. The second-order valence-electron chi connectivity index (χ2n) is 5.00. The summed E-state index contributed by atoms with van der Waals surface area (Å²) in [6.45, 7) is 3.64. The molecule has 1 heterocycles. The number of rotatable bonds is 6. The summed E-state index contributed by atoms with van der Waals surface area (Å²) in [6.07, 6.45) is 1.08. The van der Waals surface area contributed by atoms with Crippen molar-refractivity contribution in [1.82, 2.24) is 4.98 Å². The highest BCUT2D eigenvalue weighted by atomic mass is 32.1. The van der Waals surface area contributed by atoms with Crippen LogP contribution in [0.5, 0.6) is 0 Å². The fourth-order valence-corrected chi connectivity index (χ4v) is 2.74. The Bertz CT molecular complexity index is 682. The number of aliphatic carboxylic acids is 1. The predicted octanol–water partition coefficient (Wildman–Crippen LogP) is 3.07. The van der Waals surface area contributed by atoms with Crippen molar-refractivity contribution in [3.8, 4) is 0 Å². The third-order valence-electron chi connectivity index (χ3n) is 3.28. The van der Waals surface area contributed by atoms with Crippen molar-refractivity contribution in [2.45, 2.75) is 32.6 Å². The Kier molecular flexibility index (Phi) is 5.27. The molecule has 5 nitrogen and oxygen atoms in total. The molecule has 0 aliphatic heterocycles. The number of carboxylic acids is 1. The fraction of sp³-hybridized carbons (Fsp3) is 0.312. The number of carboxylic acid groups (broad SMARTS) is 1. The van der Waals surface area contributed by atoms with Crippen molar-refractivity contribution in [2.75, 3.05) is 5.32 Å². The lowest BCUT2D eigenvalue weighted by atomic mass is 10.0. The van der Waals surface area contributed by atoms with Crippen LogP contribution in [0.3, 0.4) is 0 Å². The maximum absolute atomic E-state index is 12.0. The zero-order chi connectivity index (χ0) is 16.1. The third-order valence-corrected chi connectivity index (χ3v) is 4.33. The zero-order valence-electron chi connectivity index (χ0n) is 12.5. The van der Waals surface area contributed by atoms with Crippen LogP contribution in [0.25, 0.3) is 0 Å². The van der Waals surface area contributed by atoms with E-state index in [-0.39, 0.29) is 12.3 Å². The van der Waals surface area contributed by atoms with Gasteiger partial charge in [-0.05, 0) is 31.0 Å². The van der Waals surface area contributed by atoms with Crippen molar-refractivity contribution >= 4 is 28.9 Å².